The lowest BCUT2D eigenvalue weighted by Crippen LogP contribution is -2.35. The molecule has 1 amide bonds. The second-order valence-corrected chi connectivity index (χ2v) is 12.2. The third-order valence-corrected chi connectivity index (χ3v) is 7.74. The molecule has 0 saturated heterocycles. The fourth-order valence-electron chi connectivity index (χ4n) is 1.58. The van der Waals surface area contributed by atoms with Crippen molar-refractivity contribution in [2.75, 3.05) is 31.9 Å². The zero-order chi connectivity index (χ0) is 16.0. The van der Waals surface area contributed by atoms with Gasteiger partial charge in [0, 0.05) is 13.2 Å². The molecule has 0 fully saturated rings. The van der Waals surface area contributed by atoms with E-state index in [1.165, 1.54) is 0 Å². The Morgan fingerprint density at radius 1 is 1.15 bits per heavy atom. The third kappa shape index (κ3) is 7.58. The molecule has 1 N–H and O–H groups in total. The highest BCUT2D eigenvalue weighted by atomic mass is 32.3. The SMILES string of the molecule is BCC(=O)NCCC(C)(C)OCCC(C)(C)S(C)(C)C. The summed E-state index contributed by atoms with van der Waals surface area (Å²) in [6.07, 6.45) is 9.55. The summed E-state index contributed by atoms with van der Waals surface area (Å²) in [7, 11) is 1.28. The Labute approximate surface area is 128 Å². The second kappa shape index (κ2) is 7.74. The Bertz CT molecular complexity index is 311. The Hall–Kier alpha value is -0.155. The number of carbonyl (C=O) groups excluding carboxylic acids is 1. The van der Waals surface area contributed by atoms with Crippen LogP contribution in [0.1, 0.15) is 40.5 Å². The van der Waals surface area contributed by atoms with Gasteiger partial charge in [0.15, 0.2) is 0 Å². The van der Waals surface area contributed by atoms with Crippen LogP contribution in [-0.2, 0) is 9.53 Å². The molecule has 0 aromatic heterocycles. The van der Waals surface area contributed by atoms with Gasteiger partial charge in [0.05, 0.1) is 5.60 Å². The molecule has 0 saturated carbocycles. The van der Waals surface area contributed by atoms with Gasteiger partial charge in [0.1, 0.15) is 7.85 Å². The molecule has 0 bridgehead atoms. The van der Waals surface area contributed by atoms with Crippen molar-refractivity contribution >= 4 is 23.8 Å². The van der Waals surface area contributed by atoms with E-state index in [0.29, 0.717) is 17.6 Å². The number of ether oxygens (including phenoxy) is 1. The van der Waals surface area contributed by atoms with E-state index in [4.69, 9.17) is 4.74 Å². The summed E-state index contributed by atoms with van der Waals surface area (Å²) in [4.78, 5) is 11.2. The maximum absolute atomic E-state index is 11.2. The van der Waals surface area contributed by atoms with E-state index in [2.05, 4.69) is 51.8 Å². The normalized spacial score (nSPS) is 14.2. The topological polar surface area (TPSA) is 38.3 Å². The Morgan fingerprint density at radius 3 is 2.15 bits per heavy atom. The molecule has 0 heterocycles. The fourth-order valence-corrected chi connectivity index (χ4v) is 2.28. The predicted octanol–water partition coefficient (Wildman–Crippen LogP) is 2.20. The molecule has 0 radical (unpaired) electrons. The Morgan fingerprint density at radius 2 is 1.70 bits per heavy atom. The first-order valence-corrected chi connectivity index (χ1v) is 10.4. The first-order chi connectivity index (χ1) is 8.91. The minimum absolute atomic E-state index is 0.110. The van der Waals surface area contributed by atoms with E-state index in [-0.39, 0.29) is 11.5 Å². The molecule has 120 valence electrons. The Balaban J connectivity index is 4.08. The van der Waals surface area contributed by atoms with Crippen molar-refractivity contribution in [1.82, 2.24) is 5.32 Å². The van der Waals surface area contributed by atoms with Gasteiger partial charge in [-0.3, -0.25) is 4.79 Å². The van der Waals surface area contributed by atoms with E-state index >= 15 is 0 Å². The van der Waals surface area contributed by atoms with Gasteiger partial charge in [0.2, 0.25) is 5.91 Å². The van der Waals surface area contributed by atoms with Gasteiger partial charge < -0.3 is 10.1 Å². The number of rotatable bonds is 9. The lowest BCUT2D eigenvalue weighted by atomic mass is 10.0. The average molecular weight is 303 g/mol. The lowest BCUT2D eigenvalue weighted by molar-refractivity contribution is -0.119. The first-order valence-electron chi connectivity index (χ1n) is 7.50. The van der Waals surface area contributed by atoms with Crippen LogP contribution in [0.25, 0.3) is 0 Å². The van der Waals surface area contributed by atoms with E-state index in [0.717, 1.165) is 19.4 Å². The van der Waals surface area contributed by atoms with Gasteiger partial charge in [-0.05, 0) is 56.5 Å². The molecular weight excluding hydrogens is 269 g/mol. The van der Waals surface area contributed by atoms with Crippen LogP contribution in [0.3, 0.4) is 0 Å². The molecule has 0 aliphatic carbocycles. The van der Waals surface area contributed by atoms with Crippen LogP contribution < -0.4 is 5.32 Å². The summed E-state index contributed by atoms with van der Waals surface area (Å²) < 4.78 is 6.37. The smallest absolute Gasteiger partial charge is 0.212 e. The molecule has 3 nitrogen and oxygen atoms in total. The van der Waals surface area contributed by atoms with Crippen LogP contribution in [0.4, 0.5) is 0 Å². The summed E-state index contributed by atoms with van der Waals surface area (Å²) in [6, 6.07) is 0. The summed E-state index contributed by atoms with van der Waals surface area (Å²) in [6.45, 7) is 10.3. The third-order valence-electron chi connectivity index (χ3n) is 4.23. The molecule has 0 atom stereocenters. The van der Waals surface area contributed by atoms with Crippen molar-refractivity contribution in [3.8, 4) is 0 Å². The monoisotopic (exact) mass is 303 g/mol. The minimum Gasteiger partial charge on any atom is -0.375 e. The van der Waals surface area contributed by atoms with E-state index in [9.17, 15) is 4.79 Å². The maximum atomic E-state index is 11.2. The standard InChI is InChI=1S/C15H34BNO2S/c1-14(2,8-10-17-13(18)12-16)19-11-9-15(3,4)20(5,6)7/h8-12,16H2,1-7H3,(H,17,18). The molecule has 0 spiro atoms. The molecule has 0 aliphatic rings. The van der Waals surface area contributed by atoms with Crippen molar-refractivity contribution in [3.05, 3.63) is 0 Å². The van der Waals surface area contributed by atoms with Crippen LogP contribution in [0.2, 0.25) is 6.32 Å². The number of nitrogens with one attached hydrogen (secondary N) is 1. The summed E-state index contributed by atoms with van der Waals surface area (Å²) in [5.41, 5.74) is -0.176. The minimum atomic E-state index is -0.589. The molecule has 0 aromatic rings. The van der Waals surface area contributed by atoms with Crippen molar-refractivity contribution in [1.29, 1.82) is 0 Å². The number of carbonyl (C=O) groups is 1. The van der Waals surface area contributed by atoms with Gasteiger partial charge in [-0.15, -0.1) is 0 Å². The van der Waals surface area contributed by atoms with Crippen LogP contribution >= 0.6 is 10.0 Å². The predicted molar refractivity (Wildman–Crippen MR) is 95.1 cm³/mol. The van der Waals surface area contributed by atoms with Crippen molar-refractivity contribution in [2.45, 2.75) is 57.2 Å². The quantitative estimate of drug-likeness (QED) is 0.663. The highest BCUT2D eigenvalue weighted by Crippen LogP contribution is 2.51. The molecule has 0 unspecified atom stereocenters. The molecule has 0 aromatic carbocycles. The zero-order valence-electron chi connectivity index (χ0n) is 14.8. The van der Waals surface area contributed by atoms with Gasteiger partial charge in [-0.1, -0.05) is 13.8 Å². The number of hydrogen-bond donors (Lipinski definition) is 1. The zero-order valence-corrected chi connectivity index (χ0v) is 15.6. The van der Waals surface area contributed by atoms with E-state index < -0.39 is 10.0 Å². The maximum Gasteiger partial charge on any atom is 0.212 e. The number of amides is 1. The molecule has 20 heavy (non-hydrogen) atoms. The van der Waals surface area contributed by atoms with Crippen LogP contribution in [-0.4, -0.2) is 56.0 Å². The highest BCUT2D eigenvalue weighted by molar-refractivity contribution is 8.33. The highest BCUT2D eigenvalue weighted by Gasteiger charge is 2.29. The van der Waals surface area contributed by atoms with Gasteiger partial charge in [-0.25, -0.2) is 10.0 Å². The molecule has 5 heteroatoms. The summed E-state index contributed by atoms with van der Waals surface area (Å²) in [5, 5.41) is 2.90. The second-order valence-electron chi connectivity index (χ2n) is 7.41. The van der Waals surface area contributed by atoms with Gasteiger partial charge in [-0.2, -0.15) is 0 Å². The van der Waals surface area contributed by atoms with Crippen LogP contribution in [0, 0.1) is 0 Å². The Kier molecular flexibility index (Phi) is 7.68. The van der Waals surface area contributed by atoms with E-state index in [1.807, 2.05) is 7.85 Å². The first kappa shape index (κ1) is 19.8. The van der Waals surface area contributed by atoms with Gasteiger partial charge in [0.25, 0.3) is 0 Å². The molecular formula is C15H34BNO2S. The van der Waals surface area contributed by atoms with Crippen molar-refractivity contribution in [2.24, 2.45) is 0 Å². The van der Waals surface area contributed by atoms with Crippen LogP contribution in [0.5, 0.6) is 0 Å². The van der Waals surface area contributed by atoms with Gasteiger partial charge >= 0.3 is 0 Å². The average Bonchev–Trinajstić information content (AvgIpc) is 2.26. The lowest BCUT2D eigenvalue weighted by Gasteiger charge is -2.44. The summed E-state index contributed by atoms with van der Waals surface area (Å²) >= 11 is 0. The largest absolute Gasteiger partial charge is 0.375 e. The molecule has 0 rings (SSSR count). The fraction of sp³-hybridized carbons (Fsp3) is 0.933. The van der Waals surface area contributed by atoms with E-state index in [1.54, 1.807) is 0 Å². The van der Waals surface area contributed by atoms with Crippen molar-refractivity contribution < 1.29 is 9.53 Å². The summed E-state index contributed by atoms with van der Waals surface area (Å²) in [5.74, 6) is 0.110. The van der Waals surface area contributed by atoms with Crippen molar-refractivity contribution in [3.63, 3.8) is 0 Å². The van der Waals surface area contributed by atoms with Crippen LogP contribution in [0.15, 0.2) is 0 Å². The molecule has 0 aliphatic heterocycles. The number of hydrogen-bond acceptors (Lipinski definition) is 2.